The van der Waals surface area contributed by atoms with Gasteiger partial charge in [0.1, 0.15) is 0 Å². The molecular weight excluding hydrogens is 196 g/mol. The van der Waals surface area contributed by atoms with Gasteiger partial charge in [-0.05, 0) is 60.8 Å². The molecule has 2 bridgehead atoms. The van der Waals surface area contributed by atoms with Crippen molar-refractivity contribution >= 4 is 5.78 Å². The summed E-state index contributed by atoms with van der Waals surface area (Å²) in [5.41, 5.74) is 2.59. The highest BCUT2D eigenvalue weighted by atomic mass is 16.1. The summed E-state index contributed by atoms with van der Waals surface area (Å²) in [5, 5.41) is 0. The molecule has 0 aromatic heterocycles. The van der Waals surface area contributed by atoms with Gasteiger partial charge in [0.25, 0.3) is 0 Å². The van der Waals surface area contributed by atoms with Crippen molar-refractivity contribution in [3.63, 3.8) is 0 Å². The van der Waals surface area contributed by atoms with Crippen molar-refractivity contribution in [3.8, 4) is 0 Å². The highest BCUT2D eigenvalue weighted by Gasteiger charge is 2.80. The lowest BCUT2D eigenvalue weighted by atomic mass is 9.34. The van der Waals surface area contributed by atoms with E-state index < -0.39 is 0 Å². The quantitative estimate of drug-likeness (QED) is 0.607. The summed E-state index contributed by atoms with van der Waals surface area (Å²) in [6.07, 6.45) is 7.26. The smallest absolute Gasteiger partial charge is 0.159 e. The van der Waals surface area contributed by atoms with E-state index >= 15 is 0 Å². The topological polar surface area (TPSA) is 17.1 Å². The van der Waals surface area contributed by atoms with Gasteiger partial charge in [-0.2, -0.15) is 0 Å². The number of allylic oxidation sites excluding steroid dienone is 2. The van der Waals surface area contributed by atoms with Crippen molar-refractivity contribution in [2.45, 2.75) is 46.5 Å². The maximum atomic E-state index is 12.1. The summed E-state index contributed by atoms with van der Waals surface area (Å²) in [5.74, 6) is 1.67. The van der Waals surface area contributed by atoms with Crippen LogP contribution in [-0.2, 0) is 4.79 Å². The molecule has 0 heterocycles. The molecule has 4 rings (SSSR count). The molecule has 0 amide bonds. The van der Waals surface area contributed by atoms with E-state index in [9.17, 15) is 4.79 Å². The highest BCUT2D eigenvalue weighted by Crippen LogP contribution is 2.85. The Morgan fingerprint density at radius 3 is 2.81 bits per heavy atom. The summed E-state index contributed by atoms with van der Waals surface area (Å²) in [7, 11) is 0. The van der Waals surface area contributed by atoms with Gasteiger partial charge in [-0.1, -0.05) is 19.4 Å². The van der Waals surface area contributed by atoms with Crippen LogP contribution in [0.2, 0.25) is 0 Å². The zero-order chi connectivity index (χ0) is 11.3. The molecule has 0 aromatic rings. The van der Waals surface area contributed by atoms with Crippen LogP contribution in [0, 0.1) is 28.1 Å². The van der Waals surface area contributed by atoms with E-state index in [1.54, 1.807) is 0 Å². The maximum Gasteiger partial charge on any atom is 0.159 e. The zero-order valence-electron chi connectivity index (χ0n) is 10.5. The molecule has 4 aliphatic carbocycles. The van der Waals surface area contributed by atoms with Gasteiger partial charge >= 0.3 is 0 Å². The Kier molecular flexibility index (Phi) is 1.29. The zero-order valence-corrected chi connectivity index (χ0v) is 10.5. The van der Waals surface area contributed by atoms with Crippen LogP contribution in [0.15, 0.2) is 11.6 Å². The Hall–Kier alpha value is -0.590. The van der Waals surface area contributed by atoms with Gasteiger partial charge in [-0.15, -0.1) is 0 Å². The van der Waals surface area contributed by atoms with Gasteiger partial charge in [0.15, 0.2) is 5.78 Å². The number of hydrogen-bond acceptors (Lipinski definition) is 1. The normalized spacial score (nSPS) is 61.7. The third-order valence-electron chi connectivity index (χ3n) is 7.38. The second kappa shape index (κ2) is 2.19. The van der Waals surface area contributed by atoms with Crippen molar-refractivity contribution in [1.29, 1.82) is 0 Å². The van der Waals surface area contributed by atoms with Crippen LogP contribution in [0.3, 0.4) is 0 Å². The van der Waals surface area contributed by atoms with Crippen molar-refractivity contribution in [1.82, 2.24) is 0 Å². The van der Waals surface area contributed by atoms with E-state index in [1.807, 2.05) is 6.08 Å². The number of rotatable bonds is 0. The fraction of sp³-hybridized carbons (Fsp3) is 0.800. The Labute approximate surface area is 97.3 Å². The lowest BCUT2D eigenvalue weighted by Crippen LogP contribution is -2.65. The van der Waals surface area contributed by atoms with E-state index in [0.29, 0.717) is 27.9 Å². The number of carbonyl (C=O) groups excluding carboxylic acids is 1. The molecule has 1 spiro atoms. The van der Waals surface area contributed by atoms with E-state index in [4.69, 9.17) is 0 Å². The minimum atomic E-state index is 0.304. The van der Waals surface area contributed by atoms with E-state index in [2.05, 4.69) is 20.8 Å². The first-order valence-corrected chi connectivity index (χ1v) is 6.68. The van der Waals surface area contributed by atoms with Crippen molar-refractivity contribution in [2.75, 3.05) is 0 Å². The summed E-state index contributed by atoms with van der Waals surface area (Å²) < 4.78 is 0. The molecule has 3 saturated carbocycles. The largest absolute Gasteiger partial charge is 0.295 e. The number of hydrogen-bond donors (Lipinski definition) is 0. The molecule has 0 radical (unpaired) electrons. The fourth-order valence-corrected chi connectivity index (χ4v) is 6.24. The summed E-state index contributed by atoms with van der Waals surface area (Å²) in [4.78, 5) is 12.1. The standard InChI is InChI=1S/C15H20O/c1-9-6-12(16)11-8-13(2)10-4-5-15(9,7-10)14(11,13)3/h6,10-11H,4-5,7-8H2,1-3H3/t10-,11-,13+,14+,15+/m0/s1. The fourth-order valence-electron chi connectivity index (χ4n) is 6.24. The van der Waals surface area contributed by atoms with Crippen LogP contribution in [0.4, 0.5) is 0 Å². The minimum Gasteiger partial charge on any atom is -0.295 e. The van der Waals surface area contributed by atoms with Gasteiger partial charge in [0.2, 0.25) is 0 Å². The SMILES string of the molecule is CC1=CC(=O)[C@@H]2C[C@]3(C)[C@H]4CC[C@]1(C4)[C@]23C. The second-order valence-corrected chi connectivity index (χ2v) is 7.13. The monoisotopic (exact) mass is 216 g/mol. The van der Waals surface area contributed by atoms with Crippen LogP contribution in [-0.4, -0.2) is 5.78 Å². The van der Waals surface area contributed by atoms with Crippen LogP contribution in [0.25, 0.3) is 0 Å². The Morgan fingerprint density at radius 2 is 2.06 bits per heavy atom. The van der Waals surface area contributed by atoms with Gasteiger partial charge in [0.05, 0.1) is 0 Å². The molecule has 3 fully saturated rings. The first kappa shape index (κ1) is 9.44. The number of fused-ring (bicyclic) bond motifs is 2. The lowest BCUT2D eigenvalue weighted by molar-refractivity contribution is -0.192. The van der Waals surface area contributed by atoms with Gasteiger partial charge < -0.3 is 0 Å². The van der Waals surface area contributed by atoms with Crippen LogP contribution >= 0.6 is 0 Å². The Morgan fingerprint density at radius 1 is 1.31 bits per heavy atom. The third-order valence-corrected chi connectivity index (χ3v) is 7.38. The Bertz CT molecular complexity index is 448. The lowest BCUT2D eigenvalue weighted by Gasteiger charge is -2.69. The van der Waals surface area contributed by atoms with E-state index in [-0.39, 0.29) is 0 Å². The maximum absolute atomic E-state index is 12.1. The van der Waals surface area contributed by atoms with Crippen molar-refractivity contribution < 1.29 is 4.79 Å². The number of ketones is 1. The van der Waals surface area contributed by atoms with Gasteiger partial charge in [-0.3, -0.25) is 4.79 Å². The molecule has 1 heteroatoms. The molecule has 0 unspecified atom stereocenters. The average molecular weight is 216 g/mol. The van der Waals surface area contributed by atoms with Crippen LogP contribution < -0.4 is 0 Å². The second-order valence-electron chi connectivity index (χ2n) is 7.13. The van der Waals surface area contributed by atoms with Gasteiger partial charge in [0, 0.05) is 5.92 Å². The molecule has 0 aromatic carbocycles. The van der Waals surface area contributed by atoms with E-state index in [0.717, 1.165) is 5.92 Å². The molecule has 0 aliphatic heterocycles. The average Bonchev–Trinajstić information content (AvgIpc) is 2.72. The van der Waals surface area contributed by atoms with Crippen LogP contribution in [0.1, 0.15) is 46.5 Å². The third kappa shape index (κ3) is 0.585. The first-order valence-electron chi connectivity index (χ1n) is 6.68. The molecule has 1 nitrogen and oxygen atoms in total. The molecule has 16 heavy (non-hydrogen) atoms. The predicted octanol–water partition coefficient (Wildman–Crippen LogP) is 3.35. The van der Waals surface area contributed by atoms with E-state index in [1.165, 1.54) is 31.3 Å². The van der Waals surface area contributed by atoms with Crippen molar-refractivity contribution in [3.05, 3.63) is 11.6 Å². The minimum absolute atomic E-state index is 0.304. The Balaban J connectivity index is 2.01. The molecule has 5 atom stereocenters. The highest BCUT2D eigenvalue weighted by molar-refractivity contribution is 5.96. The molecular formula is C15H20O. The predicted molar refractivity (Wildman–Crippen MR) is 62.9 cm³/mol. The van der Waals surface area contributed by atoms with Crippen molar-refractivity contribution in [2.24, 2.45) is 28.1 Å². The van der Waals surface area contributed by atoms with Gasteiger partial charge in [-0.25, -0.2) is 0 Å². The van der Waals surface area contributed by atoms with Crippen LogP contribution in [0.5, 0.6) is 0 Å². The number of carbonyl (C=O) groups is 1. The molecule has 86 valence electrons. The summed E-state index contributed by atoms with van der Waals surface area (Å²) in [6, 6.07) is 0. The summed E-state index contributed by atoms with van der Waals surface area (Å²) in [6.45, 7) is 7.10. The molecule has 4 aliphatic rings. The first-order chi connectivity index (χ1) is 7.46. The molecule has 0 N–H and O–H groups in total. The molecule has 0 saturated heterocycles. The summed E-state index contributed by atoms with van der Waals surface area (Å²) >= 11 is 0.